The van der Waals surface area contributed by atoms with Crippen LogP contribution in [-0.2, 0) is 4.79 Å². The maximum atomic E-state index is 12.5. The van der Waals surface area contributed by atoms with E-state index in [2.05, 4.69) is 5.32 Å². The standard InChI is InChI=1S/C22H23NO6S/c1-30-8-7-15(12-24)23-21(27)13-28-16-9-17(25)22-18(26)11-19(29-20(22)10-16)14-5-3-2-4-6-14/h2-6,9-11,15,24-25H,7-8,12-13H2,1H3,(H,23,27)/t15-/m0/s1. The highest BCUT2D eigenvalue weighted by Crippen LogP contribution is 2.31. The van der Waals surface area contributed by atoms with E-state index in [1.165, 1.54) is 18.2 Å². The molecule has 3 aromatic rings. The molecule has 0 aliphatic carbocycles. The molecular weight excluding hydrogens is 406 g/mol. The Morgan fingerprint density at radius 2 is 2.00 bits per heavy atom. The van der Waals surface area contributed by atoms with Gasteiger partial charge in [-0.15, -0.1) is 0 Å². The van der Waals surface area contributed by atoms with Gasteiger partial charge in [-0.1, -0.05) is 30.3 Å². The first-order chi connectivity index (χ1) is 14.5. The highest BCUT2D eigenvalue weighted by atomic mass is 32.2. The molecule has 1 aromatic heterocycles. The van der Waals surface area contributed by atoms with Gasteiger partial charge in [-0.3, -0.25) is 9.59 Å². The van der Waals surface area contributed by atoms with Crippen molar-refractivity contribution < 1.29 is 24.2 Å². The Morgan fingerprint density at radius 3 is 2.70 bits per heavy atom. The fourth-order valence-electron chi connectivity index (χ4n) is 2.96. The zero-order chi connectivity index (χ0) is 21.5. The Morgan fingerprint density at radius 1 is 1.23 bits per heavy atom. The SMILES string of the molecule is CSCC[C@@H](CO)NC(=O)COc1cc(O)c2c(=O)cc(-c3ccccc3)oc2c1. The van der Waals surface area contributed by atoms with E-state index in [0.29, 0.717) is 12.2 Å². The number of phenols is 1. The van der Waals surface area contributed by atoms with Crippen molar-refractivity contribution in [1.82, 2.24) is 5.32 Å². The van der Waals surface area contributed by atoms with Gasteiger partial charge in [0, 0.05) is 23.8 Å². The summed E-state index contributed by atoms with van der Waals surface area (Å²) in [5.41, 5.74) is 0.503. The first-order valence-corrected chi connectivity index (χ1v) is 10.8. The van der Waals surface area contributed by atoms with Crippen molar-refractivity contribution in [3.05, 3.63) is 58.8 Å². The first kappa shape index (κ1) is 21.7. The predicted molar refractivity (Wildman–Crippen MR) is 117 cm³/mol. The molecule has 0 saturated heterocycles. The summed E-state index contributed by atoms with van der Waals surface area (Å²) in [6.45, 7) is -0.459. The van der Waals surface area contributed by atoms with Gasteiger partial charge in [0.1, 0.15) is 28.2 Å². The zero-order valence-electron chi connectivity index (χ0n) is 16.5. The second kappa shape index (κ2) is 10.2. The number of hydrogen-bond acceptors (Lipinski definition) is 7. The number of rotatable bonds is 9. The molecule has 3 N–H and O–H groups in total. The molecule has 0 radical (unpaired) electrons. The minimum atomic E-state index is -0.394. The molecule has 1 atom stereocenters. The summed E-state index contributed by atoms with van der Waals surface area (Å²) in [4.78, 5) is 24.6. The number of nitrogens with one attached hydrogen (secondary N) is 1. The van der Waals surface area contributed by atoms with Crippen LogP contribution in [0.1, 0.15) is 6.42 Å². The van der Waals surface area contributed by atoms with Crippen LogP contribution >= 0.6 is 11.8 Å². The van der Waals surface area contributed by atoms with Crippen molar-refractivity contribution in [3.63, 3.8) is 0 Å². The molecule has 0 unspecified atom stereocenters. The van der Waals surface area contributed by atoms with E-state index in [4.69, 9.17) is 9.15 Å². The average molecular weight is 429 g/mol. The number of benzene rings is 2. The molecule has 1 heterocycles. The summed E-state index contributed by atoms with van der Waals surface area (Å²) in [6, 6.07) is 12.8. The third-order valence-electron chi connectivity index (χ3n) is 4.47. The summed E-state index contributed by atoms with van der Waals surface area (Å²) in [5.74, 6) is 0.682. The van der Waals surface area contributed by atoms with Gasteiger partial charge in [-0.05, 0) is 18.4 Å². The lowest BCUT2D eigenvalue weighted by atomic mass is 10.1. The largest absolute Gasteiger partial charge is 0.507 e. The number of amides is 1. The minimum absolute atomic E-state index is 0.0453. The molecule has 3 rings (SSSR count). The molecular formula is C22H23NO6S. The van der Waals surface area contributed by atoms with Crippen LogP contribution in [0.2, 0.25) is 0 Å². The van der Waals surface area contributed by atoms with Crippen LogP contribution in [0.25, 0.3) is 22.3 Å². The van der Waals surface area contributed by atoms with Crippen molar-refractivity contribution in [1.29, 1.82) is 0 Å². The van der Waals surface area contributed by atoms with Gasteiger partial charge >= 0.3 is 0 Å². The Hall–Kier alpha value is -2.97. The van der Waals surface area contributed by atoms with Crippen LogP contribution in [0.15, 0.2) is 57.7 Å². The lowest BCUT2D eigenvalue weighted by molar-refractivity contribution is -0.124. The molecule has 0 aliphatic rings. The highest BCUT2D eigenvalue weighted by Gasteiger charge is 2.15. The third kappa shape index (κ3) is 5.34. The summed E-state index contributed by atoms with van der Waals surface area (Å²) in [6.07, 6.45) is 2.60. The number of aromatic hydroxyl groups is 1. The normalized spacial score (nSPS) is 11.9. The van der Waals surface area contributed by atoms with Crippen LogP contribution in [0.5, 0.6) is 11.5 Å². The van der Waals surface area contributed by atoms with E-state index in [1.807, 2.05) is 36.6 Å². The van der Waals surface area contributed by atoms with Gasteiger partial charge in [0.2, 0.25) is 0 Å². The second-order valence-corrected chi connectivity index (χ2v) is 7.66. The summed E-state index contributed by atoms with van der Waals surface area (Å²) in [7, 11) is 0. The quantitative estimate of drug-likeness (QED) is 0.480. The number of phenolic OH excluding ortho intramolecular Hbond substituents is 1. The number of aliphatic hydroxyl groups is 1. The van der Waals surface area contributed by atoms with Gasteiger partial charge in [0.25, 0.3) is 5.91 Å². The van der Waals surface area contributed by atoms with Gasteiger partial charge in [0.15, 0.2) is 12.0 Å². The summed E-state index contributed by atoms with van der Waals surface area (Å²) < 4.78 is 11.3. The van der Waals surface area contributed by atoms with E-state index < -0.39 is 5.91 Å². The lowest BCUT2D eigenvalue weighted by Crippen LogP contribution is -2.40. The van der Waals surface area contributed by atoms with Crippen LogP contribution in [-0.4, -0.2) is 47.4 Å². The summed E-state index contributed by atoms with van der Waals surface area (Å²) >= 11 is 1.63. The van der Waals surface area contributed by atoms with Crippen molar-refractivity contribution in [2.45, 2.75) is 12.5 Å². The number of carbonyl (C=O) groups excluding carboxylic acids is 1. The number of thioether (sulfide) groups is 1. The van der Waals surface area contributed by atoms with Gasteiger partial charge in [-0.2, -0.15) is 11.8 Å². The van der Waals surface area contributed by atoms with E-state index >= 15 is 0 Å². The molecule has 2 aromatic carbocycles. The van der Waals surface area contributed by atoms with E-state index in [9.17, 15) is 19.8 Å². The molecule has 30 heavy (non-hydrogen) atoms. The molecule has 1 amide bonds. The van der Waals surface area contributed by atoms with Crippen molar-refractivity contribution in [2.24, 2.45) is 0 Å². The highest BCUT2D eigenvalue weighted by molar-refractivity contribution is 7.98. The Kier molecular flexibility index (Phi) is 7.37. The molecule has 8 heteroatoms. The maximum absolute atomic E-state index is 12.5. The summed E-state index contributed by atoms with van der Waals surface area (Å²) in [5, 5.41) is 22.4. The van der Waals surface area contributed by atoms with E-state index in [0.717, 1.165) is 11.3 Å². The Bertz CT molecular complexity index is 1070. The lowest BCUT2D eigenvalue weighted by Gasteiger charge is -2.16. The van der Waals surface area contributed by atoms with Crippen molar-refractivity contribution in [2.75, 3.05) is 25.2 Å². The maximum Gasteiger partial charge on any atom is 0.258 e. The van der Waals surface area contributed by atoms with Crippen LogP contribution in [0, 0.1) is 0 Å². The fourth-order valence-corrected chi connectivity index (χ4v) is 3.48. The van der Waals surface area contributed by atoms with E-state index in [1.54, 1.807) is 11.8 Å². The second-order valence-electron chi connectivity index (χ2n) is 6.67. The first-order valence-electron chi connectivity index (χ1n) is 9.40. The molecule has 7 nitrogen and oxygen atoms in total. The fraction of sp³-hybridized carbons (Fsp3) is 0.273. The Labute approximate surface area is 177 Å². The van der Waals surface area contributed by atoms with Crippen LogP contribution in [0.3, 0.4) is 0 Å². The van der Waals surface area contributed by atoms with Gasteiger partial charge < -0.3 is 24.7 Å². The number of carbonyl (C=O) groups is 1. The number of ether oxygens (including phenoxy) is 1. The number of hydrogen-bond donors (Lipinski definition) is 3. The van der Waals surface area contributed by atoms with Crippen molar-refractivity contribution in [3.8, 4) is 22.8 Å². The van der Waals surface area contributed by atoms with Gasteiger partial charge in [0.05, 0.1) is 12.6 Å². The topological polar surface area (TPSA) is 109 Å². The predicted octanol–water partition coefficient (Wildman–Crippen LogP) is 2.77. The van der Waals surface area contributed by atoms with Crippen molar-refractivity contribution >= 4 is 28.6 Å². The van der Waals surface area contributed by atoms with E-state index in [-0.39, 0.29) is 47.2 Å². The third-order valence-corrected chi connectivity index (χ3v) is 5.11. The molecule has 0 fully saturated rings. The molecule has 0 bridgehead atoms. The average Bonchev–Trinajstić information content (AvgIpc) is 2.75. The van der Waals surface area contributed by atoms with Crippen LogP contribution in [0.4, 0.5) is 0 Å². The van der Waals surface area contributed by atoms with Gasteiger partial charge in [-0.25, -0.2) is 0 Å². The number of aliphatic hydroxyl groups excluding tert-OH is 1. The monoisotopic (exact) mass is 429 g/mol. The minimum Gasteiger partial charge on any atom is -0.507 e. The molecule has 158 valence electrons. The molecule has 0 saturated carbocycles. The smallest absolute Gasteiger partial charge is 0.258 e. The Balaban J connectivity index is 1.78. The van der Waals surface area contributed by atoms with Crippen LogP contribution < -0.4 is 15.5 Å². The number of fused-ring (bicyclic) bond motifs is 1. The zero-order valence-corrected chi connectivity index (χ0v) is 17.3. The molecule has 0 spiro atoms. The molecule has 0 aliphatic heterocycles.